The third-order valence-corrected chi connectivity index (χ3v) is 5.76. The molecule has 1 saturated carbocycles. The lowest BCUT2D eigenvalue weighted by Crippen LogP contribution is -2.53. The van der Waals surface area contributed by atoms with Crippen LogP contribution in [0.2, 0.25) is 0 Å². The molecule has 0 spiro atoms. The predicted molar refractivity (Wildman–Crippen MR) is 105 cm³/mol. The van der Waals surface area contributed by atoms with Crippen molar-refractivity contribution < 1.29 is 14.7 Å². The summed E-state index contributed by atoms with van der Waals surface area (Å²) in [5.41, 5.74) is 0.319. The van der Waals surface area contributed by atoms with Gasteiger partial charge in [-0.1, -0.05) is 44.2 Å². The molecule has 148 valence electrons. The molecule has 1 aliphatic heterocycles. The molecule has 2 fully saturated rings. The second kappa shape index (κ2) is 9.62. The number of urea groups is 1. The normalized spacial score (nSPS) is 19.3. The van der Waals surface area contributed by atoms with Crippen LogP contribution >= 0.6 is 0 Å². The van der Waals surface area contributed by atoms with Gasteiger partial charge in [0.2, 0.25) is 0 Å². The largest absolute Gasteiger partial charge is 0.507 e. The fourth-order valence-corrected chi connectivity index (χ4v) is 4.03. The molecule has 1 saturated heterocycles. The van der Waals surface area contributed by atoms with E-state index >= 15 is 0 Å². The summed E-state index contributed by atoms with van der Waals surface area (Å²) in [4.78, 5) is 28.5. The monoisotopic (exact) mass is 373 g/mol. The summed E-state index contributed by atoms with van der Waals surface area (Å²) in [5.74, 6) is 0.419. The van der Waals surface area contributed by atoms with Crippen molar-refractivity contribution in [2.45, 2.75) is 44.9 Å². The third kappa shape index (κ3) is 5.37. The van der Waals surface area contributed by atoms with Crippen molar-refractivity contribution in [2.75, 3.05) is 32.7 Å². The van der Waals surface area contributed by atoms with Gasteiger partial charge in [-0.05, 0) is 30.9 Å². The first-order valence-electron chi connectivity index (χ1n) is 10.2. The fourth-order valence-electron chi connectivity index (χ4n) is 4.03. The molecule has 0 radical (unpaired) electrons. The van der Waals surface area contributed by atoms with Crippen molar-refractivity contribution in [3.8, 4) is 5.75 Å². The van der Waals surface area contributed by atoms with Gasteiger partial charge in [-0.2, -0.15) is 0 Å². The number of benzene rings is 1. The smallest absolute Gasteiger partial charge is 0.317 e. The quantitative estimate of drug-likeness (QED) is 0.854. The number of phenolic OH excluding ortho intramolecular Hbond substituents is 1. The molecule has 1 aliphatic carbocycles. The first kappa shape index (κ1) is 19.5. The van der Waals surface area contributed by atoms with Crippen molar-refractivity contribution in [1.29, 1.82) is 0 Å². The molecule has 6 nitrogen and oxygen atoms in total. The van der Waals surface area contributed by atoms with Crippen LogP contribution in [-0.2, 0) is 0 Å². The molecule has 0 bridgehead atoms. The van der Waals surface area contributed by atoms with Crippen molar-refractivity contribution in [3.05, 3.63) is 29.8 Å². The van der Waals surface area contributed by atoms with Crippen LogP contribution in [-0.4, -0.2) is 59.6 Å². The van der Waals surface area contributed by atoms with E-state index in [0.717, 1.165) is 6.54 Å². The molecular formula is C21H31N3O3. The van der Waals surface area contributed by atoms with Gasteiger partial charge in [0.25, 0.3) is 5.91 Å². The Morgan fingerprint density at radius 2 is 1.52 bits per heavy atom. The van der Waals surface area contributed by atoms with Crippen LogP contribution in [0.5, 0.6) is 5.75 Å². The van der Waals surface area contributed by atoms with E-state index in [4.69, 9.17) is 0 Å². The maximum absolute atomic E-state index is 12.5. The maximum Gasteiger partial charge on any atom is 0.317 e. The Morgan fingerprint density at radius 1 is 0.926 bits per heavy atom. The highest BCUT2D eigenvalue weighted by Crippen LogP contribution is 2.22. The Labute approximate surface area is 161 Å². The van der Waals surface area contributed by atoms with E-state index in [1.54, 1.807) is 28.0 Å². The highest BCUT2D eigenvalue weighted by molar-refractivity contribution is 5.96. The number of rotatable bonds is 3. The van der Waals surface area contributed by atoms with Crippen LogP contribution in [0.4, 0.5) is 4.79 Å². The van der Waals surface area contributed by atoms with E-state index in [2.05, 4.69) is 5.32 Å². The van der Waals surface area contributed by atoms with Crippen LogP contribution in [0.3, 0.4) is 0 Å². The Hall–Kier alpha value is -2.24. The summed E-state index contributed by atoms with van der Waals surface area (Å²) in [5, 5.41) is 13.0. The molecule has 1 aromatic carbocycles. The van der Waals surface area contributed by atoms with Gasteiger partial charge in [-0.3, -0.25) is 4.79 Å². The van der Waals surface area contributed by atoms with Gasteiger partial charge in [0.15, 0.2) is 0 Å². The molecule has 2 aliphatic rings. The van der Waals surface area contributed by atoms with Crippen molar-refractivity contribution in [1.82, 2.24) is 15.1 Å². The number of para-hydroxylation sites is 1. The molecule has 1 heterocycles. The van der Waals surface area contributed by atoms with Crippen LogP contribution in [0.25, 0.3) is 0 Å². The minimum Gasteiger partial charge on any atom is -0.507 e. The molecule has 0 atom stereocenters. The lowest BCUT2D eigenvalue weighted by atomic mass is 9.91. The van der Waals surface area contributed by atoms with Crippen LogP contribution in [0.15, 0.2) is 24.3 Å². The van der Waals surface area contributed by atoms with Crippen molar-refractivity contribution in [2.24, 2.45) is 5.92 Å². The number of carbonyl (C=O) groups excluding carboxylic acids is 2. The van der Waals surface area contributed by atoms with Crippen molar-refractivity contribution >= 4 is 11.9 Å². The molecule has 2 N–H and O–H groups in total. The van der Waals surface area contributed by atoms with Gasteiger partial charge >= 0.3 is 6.03 Å². The van der Waals surface area contributed by atoms with Gasteiger partial charge in [0.05, 0.1) is 5.56 Å². The fraction of sp³-hybridized carbons (Fsp3) is 0.619. The zero-order chi connectivity index (χ0) is 19.1. The maximum atomic E-state index is 12.5. The third-order valence-electron chi connectivity index (χ3n) is 5.76. The second-order valence-corrected chi connectivity index (χ2v) is 7.69. The van der Waals surface area contributed by atoms with Gasteiger partial charge in [0.1, 0.15) is 5.75 Å². The molecule has 1 aromatic rings. The highest BCUT2D eigenvalue weighted by atomic mass is 16.3. The van der Waals surface area contributed by atoms with Crippen LogP contribution in [0, 0.1) is 5.92 Å². The number of nitrogens with zero attached hydrogens (tertiary/aromatic N) is 2. The van der Waals surface area contributed by atoms with Crippen LogP contribution < -0.4 is 5.32 Å². The Morgan fingerprint density at radius 3 is 2.19 bits per heavy atom. The molecule has 3 rings (SSSR count). The van der Waals surface area contributed by atoms with Crippen molar-refractivity contribution in [3.63, 3.8) is 0 Å². The molecule has 6 heteroatoms. The van der Waals surface area contributed by atoms with Gasteiger partial charge in [-0.25, -0.2) is 4.79 Å². The number of hydrogen-bond donors (Lipinski definition) is 2. The number of amides is 3. The number of piperazine rings is 1. The van der Waals surface area contributed by atoms with E-state index in [1.165, 1.54) is 51.0 Å². The molecule has 0 unspecified atom stereocenters. The first-order valence-corrected chi connectivity index (χ1v) is 10.2. The molecule has 3 amide bonds. The Balaban J connectivity index is 1.43. The standard InChI is InChI=1S/C21H31N3O3/c25-19-11-7-6-10-18(19)20(26)23-12-14-24(15-13-23)21(27)22-16-17-8-4-2-1-3-5-9-17/h6-7,10-11,17,25H,1-5,8-9,12-16H2,(H,22,27). The average molecular weight is 373 g/mol. The van der Waals surface area contributed by atoms with Gasteiger partial charge in [0, 0.05) is 32.7 Å². The highest BCUT2D eigenvalue weighted by Gasteiger charge is 2.26. The summed E-state index contributed by atoms with van der Waals surface area (Å²) in [6.45, 7) is 2.79. The zero-order valence-corrected chi connectivity index (χ0v) is 16.0. The van der Waals surface area contributed by atoms with E-state index in [0.29, 0.717) is 37.7 Å². The number of hydrogen-bond acceptors (Lipinski definition) is 3. The summed E-state index contributed by atoms with van der Waals surface area (Å²) in [6.07, 6.45) is 8.95. The van der Waals surface area contributed by atoms with E-state index in [1.807, 2.05) is 0 Å². The Kier molecular flexibility index (Phi) is 6.96. The summed E-state index contributed by atoms with van der Waals surface area (Å²) < 4.78 is 0. The minimum atomic E-state index is -0.178. The van der Waals surface area contributed by atoms with E-state index in [-0.39, 0.29) is 17.7 Å². The number of carbonyl (C=O) groups is 2. The average Bonchev–Trinajstić information content (AvgIpc) is 2.67. The van der Waals surface area contributed by atoms with Gasteiger partial charge < -0.3 is 20.2 Å². The zero-order valence-electron chi connectivity index (χ0n) is 16.0. The van der Waals surface area contributed by atoms with E-state index < -0.39 is 0 Å². The van der Waals surface area contributed by atoms with Crippen LogP contribution in [0.1, 0.15) is 55.3 Å². The summed E-state index contributed by atoms with van der Waals surface area (Å²) in [7, 11) is 0. The number of aromatic hydroxyl groups is 1. The Bertz CT molecular complexity index is 633. The lowest BCUT2D eigenvalue weighted by molar-refractivity contribution is 0.0661. The summed E-state index contributed by atoms with van der Waals surface area (Å²) >= 11 is 0. The molecule has 27 heavy (non-hydrogen) atoms. The predicted octanol–water partition coefficient (Wildman–Crippen LogP) is 3.22. The minimum absolute atomic E-state index is 0.00173. The topological polar surface area (TPSA) is 72.9 Å². The van der Waals surface area contributed by atoms with Gasteiger partial charge in [-0.15, -0.1) is 0 Å². The second-order valence-electron chi connectivity index (χ2n) is 7.69. The first-order chi connectivity index (χ1) is 13.1. The summed E-state index contributed by atoms with van der Waals surface area (Å²) in [6, 6.07) is 6.57. The molecular weight excluding hydrogens is 342 g/mol. The SMILES string of the molecule is O=C(NCC1CCCCCCC1)N1CCN(C(=O)c2ccccc2O)CC1. The number of nitrogens with one attached hydrogen (secondary N) is 1. The number of phenols is 1. The van der Waals surface area contributed by atoms with E-state index in [9.17, 15) is 14.7 Å². The lowest BCUT2D eigenvalue weighted by Gasteiger charge is -2.35. The molecule has 0 aromatic heterocycles.